The van der Waals surface area contributed by atoms with Gasteiger partial charge in [-0.05, 0) is 182 Å². The SMILES string of the molecule is CC1(C)c2cc3oc4ccccc4c3cc2-c2cccc(-c3nc(-c4cc5ccccc5c5ccccc45)nc4sc5ccccc5c34)c21.CC1(C)c2cccc(-c3nc(-c4ccccc4)nc(-c4ccccc4-c4ccccc4)n3)c2-c2ccc3oc4ccccc4c3c21.CC1(C)c2ccccc2-c2ccc(-c3nc(-c4ccccc4)nc(-c4cccc5c4-c4ccc6oc7ccccc7c6c4C5(C)C)n3)cc21. The molecule has 19 aromatic carbocycles. The van der Waals surface area contributed by atoms with Gasteiger partial charge in [-0.1, -0.05) is 395 Å². The molecule has 11 nitrogen and oxygen atoms in total. The molecule has 0 radical (unpaired) electrons. The van der Waals surface area contributed by atoms with Crippen molar-refractivity contribution in [2.24, 2.45) is 0 Å². The third-order valence-corrected chi connectivity index (χ3v) is 32.0. The van der Waals surface area contributed by atoms with Crippen LogP contribution in [-0.4, -0.2) is 39.9 Å². The molecule has 0 N–H and O–H groups in total. The Kier molecular flexibility index (Phi) is 18.8. The van der Waals surface area contributed by atoms with E-state index < -0.39 is 0 Å². The number of benzene rings is 19. The van der Waals surface area contributed by atoms with Gasteiger partial charge in [-0.15, -0.1) is 11.3 Å². The van der Waals surface area contributed by atoms with Crippen molar-refractivity contribution in [2.45, 2.75) is 77.0 Å². The van der Waals surface area contributed by atoms with E-state index in [1.54, 1.807) is 11.3 Å². The summed E-state index contributed by atoms with van der Waals surface area (Å²) in [6.45, 7) is 18.6. The number of aromatic nitrogens is 8. The predicted molar refractivity (Wildman–Crippen MR) is 591 cm³/mol. The molecular formula is C132H90N8O3S. The standard InChI is InChI=1S/C45H33N3O.C45H28N2OS.C42H29N3O/c1-44(2)33-18-10-8-15-28(33)29-22-21-27(25-35(29)44)42-46-41(26-13-6-5-7-14-26)47-43(48-42)32-17-12-19-34-38(32)31-23-24-37-39(40(31)45(34,3)4)30-16-9-11-20-36(30)49-37;1-45(2)36-24-38-34(29-16-7-9-20-37(29)48-38)23-33(36)30-18-11-19-32(41(30)45)42-40-31-17-8-10-21-39(31)49-44(40)47-43(46-42)35-22-25-12-3-4-13-26(25)27-14-5-6-15-28(27)35;1-42(2)33-22-13-21-32(36(33)31-24-25-35-37(38(31)42)30-20-11-12-23-34(30)46-35)41-44-39(27-16-7-4-8-17-27)43-40(45-41)29-19-10-9-18-28(29)26-14-5-3-6-15-26/h5-25H,1-4H3;3-24H,1-2H3;3-25H,1-2H3. The molecule has 12 heteroatoms. The Bertz CT molecular complexity index is 9940. The molecule has 0 aliphatic heterocycles. The fourth-order valence-corrected chi connectivity index (χ4v) is 25.3. The number of furan rings is 3. The molecule has 4 aliphatic rings. The van der Waals surface area contributed by atoms with Crippen LogP contribution in [0.5, 0.6) is 0 Å². The molecule has 0 unspecified atom stereocenters. The lowest BCUT2D eigenvalue weighted by molar-refractivity contribution is 0.648. The molecule has 4 aliphatic carbocycles. The maximum Gasteiger partial charge on any atom is 0.164 e. The van der Waals surface area contributed by atoms with E-state index >= 15 is 0 Å². The lowest BCUT2D eigenvalue weighted by atomic mass is 9.79. The largest absolute Gasteiger partial charge is 0.456 e. The molecule has 0 saturated heterocycles. The zero-order chi connectivity index (χ0) is 96.3. The molecule has 0 atom stereocenters. The summed E-state index contributed by atoms with van der Waals surface area (Å²) in [6, 6.07) is 141. The number of thiophene rings is 1. The van der Waals surface area contributed by atoms with Crippen molar-refractivity contribution in [3.63, 3.8) is 0 Å². The Morgan fingerprint density at radius 2 is 0.611 bits per heavy atom. The fourth-order valence-electron chi connectivity index (χ4n) is 24.3. The van der Waals surface area contributed by atoms with Gasteiger partial charge in [-0.3, -0.25) is 0 Å². The van der Waals surface area contributed by atoms with Crippen LogP contribution < -0.4 is 0 Å². The lowest BCUT2D eigenvalue weighted by Gasteiger charge is -2.24. The zero-order valence-electron chi connectivity index (χ0n) is 80.3. The van der Waals surface area contributed by atoms with Crippen LogP contribution in [0.15, 0.2) is 414 Å². The molecule has 26 aromatic rings. The second-order valence-electron chi connectivity index (χ2n) is 40.5. The third-order valence-electron chi connectivity index (χ3n) is 30.9. The first-order chi connectivity index (χ1) is 70.4. The van der Waals surface area contributed by atoms with Crippen molar-refractivity contribution in [3.8, 4) is 147 Å². The summed E-state index contributed by atoms with van der Waals surface area (Å²) in [6.07, 6.45) is 0. The average Bonchev–Trinajstić information content (AvgIpc) is 1.55. The Balaban J connectivity index is 0.000000105. The fraction of sp³-hybridized carbons (Fsp3) is 0.0909. The monoisotopic (exact) mass is 1870 g/mol. The summed E-state index contributed by atoms with van der Waals surface area (Å²) in [5.74, 6) is 4.71. The van der Waals surface area contributed by atoms with E-state index in [4.69, 9.17) is 53.1 Å². The van der Waals surface area contributed by atoms with Crippen LogP contribution in [0.2, 0.25) is 0 Å². The van der Waals surface area contributed by atoms with Crippen molar-refractivity contribution in [1.82, 2.24) is 39.9 Å². The molecule has 30 rings (SSSR count). The first-order valence-electron chi connectivity index (χ1n) is 49.3. The van der Waals surface area contributed by atoms with Gasteiger partial charge in [0.15, 0.2) is 40.8 Å². The van der Waals surface area contributed by atoms with Gasteiger partial charge < -0.3 is 13.3 Å². The minimum absolute atomic E-state index is 0.127. The average molecular weight is 1870 g/mol. The smallest absolute Gasteiger partial charge is 0.164 e. The van der Waals surface area contributed by atoms with Gasteiger partial charge in [0.2, 0.25) is 0 Å². The first kappa shape index (κ1) is 84.5. The summed E-state index contributed by atoms with van der Waals surface area (Å²) in [5.41, 5.74) is 36.0. The Hall–Kier alpha value is -17.6. The maximum absolute atomic E-state index is 6.39. The Labute approximate surface area is 834 Å². The van der Waals surface area contributed by atoms with Crippen LogP contribution in [-0.2, 0) is 21.7 Å². The van der Waals surface area contributed by atoms with Gasteiger partial charge in [-0.25, -0.2) is 39.9 Å². The van der Waals surface area contributed by atoms with Crippen molar-refractivity contribution in [1.29, 1.82) is 0 Å². The number of nitrogens with zero attached hydrogens (tertiary/aromatic N) is 8. The second kappa shape index (κ2) is 32.0. The van der Waals surface area contributed by atoms with Crippen molar-refractivity contribution < 1.29 is 13.3 Å². The van der Waals surface area contributed by atoms with Crippen molar-refractivity contribution in [3.05, 3.63) is 445 Å². The lowest BCUT2D eigenvalue weighted by Crippen LogP contribution is -2.16. The molecular weight excluding hydrogens is 1780 g/mol. The number of hydrogen-bond donors (Lipinski definition) is 0. The Morgan fingerprint density at radius 1 is 0.194 bits per heavy atom. The van der Waals surface area contributed by atoms with E-state index in [1.165, 1.54) is 126 Å². The second-order valence-corrected chi connectivity index (χ2v) is 41.6. The quantitative estimate of drug-likeness (QED) is 0.127. The maximum atomic E-state index is 6.39. The highest BCUT2D eigenvalue weighted by atomic mass is 32.1. The van der Waals surface area contributed by atoms with Crippen LogP contribution in [0.3, 0.4) is 0 Å². The topological polar surface area (TPSA) is 143 Å². The predicted octanol–water partition coefficient (Wildman–Crippen LogP) is 34.8. The molecule has 0 spiro atoms. The summed E-state index contributed by atoms with van der Waals surface area (Å²) >= 11 is 1.75. The molecule has 144 heavy (non-hydrogen) atoms. The molecule has 682 valence electrons. The first-order valence-corrected chi connectivity index (χ1v) is 50.2. The van der Waals surface area contributed by atoms with Gasteiger partial charge >= 0.3 is 0 Å². The summed E-state index contributed by atoms with van der Waals surface area (Å²) < 4.78 is 20.3. The molecule has 0 fully saturated rings. The highest BCUT2D eigenvalue weighted by molar-refractivity contribution is 7.25. The Morgan fingerprint density at radius 3 is 1.24 bits per heavy atom. The minimum Gasteiger partial charge on any atom is -0.456 e. The highest BCUT2D eigenvalue weighted by Gasteiger charge is 2.45. The van der Waals surface area contributed by atoms with E-state index in [1.807, 2.05) is 72.8 Å². The molecule has 0 amide bonds. The summed E-state index contributed by atoms with van der Waals surface area (Å²) in [5, 5.41) is 14.1. The molecule has 7 aromatic heterocycles. The van der Waals surface area contributed by atoms with E-state index in [0.29, 0.717) is 34.9 Å². The van der Waals surface area contributed by atoms with E-state index in [0.717, 1.165) is 138 Å². The van der Waals surface area contributed by atoms with Crippen molar-refractivity contribution in [2.75, 3.05) is 0 Å². The normalized spacial score (nSPS) is 13.9. The van der Waals surface area contributed by atoms with Crippen LogP contribution in [0.4, 0.5) is 0 Å². The van der Waals surface area contributed by atoms with E-state index in [-0.39, 0.29) is 21.7 Å². The van der Waals surface area contributed by atoms with Crippen LogP contribution in [0, 0.1) is 0 Å². The third kappa shape index (κ3) is 12.9. The van der Waals surface area contributed by atoms with Crippen LogP contribution in [0.1, 0.15) is 99.9 Å². The van der Waals surface area contributed by atoms with Crippen LogP contribution >= 0.6 is 11.3 Å². The zero-order valence-corrected chi connectivity index (χ0v) is 81.1. The molecule has 7 heterocycles. The number of rotatable bonds is 9. The molecule has 0 saturated carbocycles. The van der Waals surface area contributed by atoms with E-state index in [2.05, 4.69) is 383 Å². The highest BCUT2D eigenvalue weighted by Crippen LogP contribution is 2.61. The van der Waals surface area contributed by atoms with Crippen LogP contribution in [0.25, 0.3) is 254 Å². The van der Waals surface area contributed by atoms with Gasteiger partial charge in [0, 0.05) is 114 Å². The summed E-state index contributed by atoms with van der Waals surface area (Å²) in [4.78, 5) is 43.0. The van der Waals surface area contributed by atoms with Gasteiger partial charge in [0.25, 0.3) is 0 Å². The van der Waals surface area contributed by atoms with Gasteiger partial charge in [-0.2, -0.15) is 0 Å². The summed E-state index contributed by atoms with van der Waals surface area (Å²) in [7, 11) is 0. The number of fused-ring (bicyclic) bond motifs is 29. The van der Waals surface area contributed by atoms with Gasteiger partial charge in [0.1, 0.15) is 38.3 Å². The van der Waals surface area contributed by atoms with Gasteiger partial charge in [0.05, 0.1) is 5.69 Å². The minimum atomic E-state index is -0.284. The van der Waals surface area contributed by atoms with Crippen molar-refractivity contribution >= 4 is 119 Å². The molecule has 0 bridgehead atoms. The number of para-hydroxylation sites is 3. The van der Waals surface area contributed by atoms with E-state index in [9.17, 15) is 0 Å². The number of hydrogen-bond acceptors (Lipinski definition) is 12.